The highest BCUT2D eigenvalue weighted by Gasteiger charge is 2.18. The minimum atomic E-state index is -0.0233. The normalized spacial score (nSPS) is 10.4. The van der Waals surface area contributed by atoms with Crippen molar-refractivity contribution in [1.29, 1.82) is 0 Å². The Balaban J connectivity index is 2.26. The van der Waals surface area contributed by atoms with E-state index in [1.165, 1.54) is 11.3 Å². The molecule has 1 aromatic heterocycles. The van der Waals surface area contributed by atoms with Crippen molar-refractivity contribution in [3.8, 4) is 0 Å². The second kappa shape index (κ2) is 7.76. The van der Waals surface area contributed by atoms with Crippen LogP contribution in [-0.4, -0.2) is 17.4 Å². The molecule has 0 bridgehead atoms. The second-order valence-electron chi connectivity index (χ2n) is 4.30. The van der Waals surface area contributed by atoms with Gasteiger partial charge in [0.15, 0.2) is 0 Å². The van der Waals surface area contributed by atoms with Crippen molar-refractivity contribution in [3.05, 3.63) is 65.8 Å². The van der Waals surface area contributed by atoms with Crippen LogP contribution in [-0.2, 0) is 6.54 Å². The molecule has 0 saturated heterocycles. The number of carbonyl (C=O) groups excluding carboxylic acids is 1. The minimum Gasteiger partial charge on any atom is -0.330 e. The van der Waals surface area contributed by atoms with E-state index in [1.807, 2.05) is 30.3 Å². The van der Waals surface area contributed by atoms with Gasteiger partial charge in [0.05, 0.1) is 16.4 Å². The topological polar surface area (TPSA) is 20.3 Å². The van der Waals surface area contributed by atoms with Gasteiger partial charge in [-0.3, -0.25) is 4.79 Å². The average molecular weight is 497 g/mol. The standard InChI is InChI=1S/C15H12BrClINOS/c1-2-7-19(9-11-4-6-14(17)21-11)15(20)12-8-10(18)3-5-13(12)16/h2-6,8H,1,7,9H2. The molecular weight excluding hydrogens is 484 g/mol. The van der Waals surface area contributed by atoms with Crippen molar-refractivity contribution >= 4 is 67.4 Å². The van der Waals surface area contributed by atoms with Crippen molar-refractivity contribution in [2.24, 2.45) is 0 Å². The number of amides is 1. The highest BCUT2D eigenvalue weighted by Crippen LogP contribution is 2.25. The van der Waals surface area contributed by atoms with Gasteiger partial charge in [-0.2, -0.15) is 0 Å². The Morgan fingerprint density at radius 3 is 2.81 bits per heavy atom. The number of hydrogen-bond donors (Lipinski definition) is 0. The lowest BCUT2D eigenvalue weighted by Crippen LogP contribution is -2.30. The molecule has 0 fully saturated rings. The summed E-state index contributed by atoms with van der Waals surface area (Å²) in [6.07, 6.45) is 1.73. The molecule has 0 aliphatic carbocycles. The number of rotatable bonds is 5. The Morgan fingerprint density at radius 2 is 2.19 bits per heavy atom. The fourth-order valence-electron chi connectivity index (χ4n) is 1.83. The molecule has 0 spiro atoms. The fraction of sp³-hybridized carbons (Fsp3) is 0.133. The molecule has 2 aromatic rings. The van der Waals surface area contributed by atoms with Crippen molar-refractivity contribution < 1.29 is 4.79 Å². The first kappa shape index (κ1) is 17.0. The molecule has 0 aliphatic heterocycles. The van der Waals surface area contributed by atoms with Crippen LogP contribution in [0.3, 0.4) is 0 Å². The largest absolute Gasteiger partial charge is 0.330 e. The Labute approximate surface area is 155 Å². The quantitative estimate of drug-likeness (QED) is 0.390. The minimum absolute atomic E-state index is 0.0233. The van der Waals surface area contributed by atoms with Crippen LogP contribution in [0.4, 0.5) is 0 Å². The third kappa shape index (κ3) is 4.55. The number of halogens is 3. The van der Waals surface area contributed by atoms with E-state index in [0.29, 0.717) is 18.7 Å². The smallest absolute Gasteiger partial charge is 0.255 e. The Hall–Kier alpha value is -0.370. The van der Waals surface area contributed by atoms with Gasteiger partial charge in [0, 0.05) is 19.5 Å². The molecule has 1 heterocycles. The molecule has 2 nitrogen and oxygen atoms in total. The molecule has 0 radical (unpaired) electrons. The van der Waals surface area contributed by atoms with Crippen LogP contribution in [0.5, 0.6) is 0 Å². The average Bonchev–Trinajstić information content (AvgIpc) is 2.86. The summed E-state index contributed by atoms with van der Waals surface area (Å²) in [5, 5.41) is 0. The van der Waals surface area contributed by atoms with E-state index < -0.39 is 0 Å². The maximum Gasteiger partial charge on any atom is 0.255 e. The summed E-state index contributed by atoms with van der Waals surface area (Å²) in [7, 11) is 0. The second-order valence-corrected chi connectivity index (χ2v) is 8.20. The van der Waals surface area contributed by atoms with Gasteiger partial charge in [-0.05, 0) is 68.9 Å². The monoisotopic (exact) mass is 495 g/mol. The lowest BCUT2D eigenvalue weighted by Gasteiger charge is -2.21. The van der Waals surface area contributed by atoms with Gasteiger partial charge in [0.1, 0.15) is 0 Å². The fourth-order valence-corrected chi connectivity index (χ4v) is 3.84. The van der Waals surface area contributed by atoms with Gasteiger partial charge in [-0.25, -0.2) is 0 Å². The molecule has 1 aromatic carbocycles. The van der Waals surface area contributed by atoms with Crippen molar-refractivity contribution in [2.45, 2.75) is 6.54 Å². The van der Waals surface area contributed by atoms with Gasteiger partial charge in [0.25, 0.3) is 5.91 Å². The van der Waals surface area contributed by atoms with Crippen LogP contribution in [0.25, 0.3) is 0 Å². The third-order valence-corrected chi connectivity index (χ3v) is 5.35. The van der Waals surface area contributed by atoms with Gasteiger partial charge in [-0.15, -0.1) is 17.9 Å². The SMILES string of the molecule is C=CCN(Cc1ccc(Cl)s1)C(=O)c1cc(I)ccc1Br. The lowest BCUT2D eigenvalue weighted by atomic mass is 10.2. The lowest BCUT2D eigenvalue weighted by molar-refractivity contribution is 0.0763. The maximum atomic E-state index is 12.7. The Bertz CT molecular complexity index is 673. The maximum absolute atomic E-state index is 12.7. The molecule has 0 unspecified atom stereocenters. The number of carbonyl (C=O) groups is 1. The van der Waals surface area contributed by atoms with Gasteiger partial charge in [-0.1, -0.05) is 17.7 Å². The van der Waals surface area contributed by atoms with E-state index in [-0.39, 0.29) is 5.91 Å². The third-order valence-electron chi connectivity index (χ3n) is 2.77. The zero-order valence-electron chi connectivity index (χ0n) is 11.0. The Morgan fingerprint density at radius 1 is 1.43 bits per heavy atom. The first-order chi connectivity index (χ1) is 10.0. The van der Waals surface area contributed by atoms with Crippen LogP contribution < -0.4 is 0 Å². The molecule has 0 N–H and O–H groups in total. The van der Waals surface area contributed by atoms with E-state index >= 15 is 0 Å². The number of nitrogens with zero attached hydrogens (tertiary/aromatic N) is 1. The Kier molecular flexibility index (Phi) is 6.28. The van der Waals surface area contributed by atoms with Gasteiger partial charge < -0.3 is 4.90 Å². The molecule has 110 valence electrons. The van der Waals surface area contributed by atoms with Crippen LogP contribution in [0, 0.1) is 3.57 Å². The molecule has 2 rings (SSSR count). The molecule has 6 heteroatoms. The summed E-state index contributed by atoms with van der Waals surface area (Å²) in [6, 6.07) is 9.52. The van der Waals surface area contributed by atoms with Gasteiger partial charge in [0.2, 0.25) is 0 Å². The molecule has 1 amide bonds. The van der Waals surface area contributed by atoms with Crippen LogP contribution >= 0.6 is 61.5 Å². The van der Waals surface area contributed by atoms with E-state index in [0.717, 1.165) is 17.3 Å². The zero-order chi connectivity index (χ0) is 15.4. The van der Waals surface area contributed by atoms with Crippen molar-refractivity contribution in [3.63, 3.8) is 0 Å². The first-order valence-corrected chi connectivity index (χ1v) is 9.17. The molecule has 21 heavy (non-hydrogen) atoms. The summed E-state index contributed by atoms with van der Waals surface area (Å²) in [5.41, 5.74) is 0.659. The van der Waals surface area contributed by atoms with Crippen LogP contribution in [0.1, 0.15) is 15.2 Å². The summed E-state index contributed by atoms with van der Waals surface area (Å²) >= 11 is 13.1. The predicted octanol–water partition coefficient (Wildman–Crippen LogP) is 5.60. The van der Waals surface area contributed by atoms with E-state index in [9.17, 15) is 4.79 Å². The molecular formula is C15H12BrClINOS. The summed E-state index contributed by atoms with van der Waals surface area (Å²) in [4.78, 5) is 15.5. The number of benzene rings is 1. The van der Waals surface area contributed by atoms with E-state index in [2.05, 4.69) is 45.1 Å². The molecule has 0 saturated carbocycles. The van der Waals surface area contributed by atoms with Crippen molar-refractivity contribution in [1.82, 2.24) is 4.90 Å². The van der Waals surface area contributed by atoms with E-state index in [1.54, 1.807) is 11.0 Å². The zero-order valence-corrected chi connectivity index (χ0v) is 16.3. The molecule has 0 atom stereocenters. The predicted molar refractivity (Wildman–Crippen MR) is 101 cm³/mol. The summed E-state index contributed by atoms with van der Waals surface area (Å²) in [6.45, 7) is 4.75. The summed E-state index contributed by atoms with van der Waals surface area (Å²) in [5.74, 6) is -0.0233. The number of hydrogen-bond acceptors (Lipinski definition) is 2. The van der Waals surface area contributed by atoms with Crippen LogP contribution in [0.2, 0.25) is 4.34 Å². The van der Waals surface area contributed by atoms with Gasteiger partial charge >= 0.3 is 0 Å². The van der Waals surface area contributed by atoms with Crippen LogP contribution in [0.15, 0.2) is 47.5 Å². The van der Waals surface area contributed by atoms with E-state index in [4.69, 9.17) is 11.6 Å². The highest BCUT2D eigenvalue weighted by atomic mass is 127. The highest BCUT2D eigenvalue weighted by molar-refractivity contribution is 14.1. The summed E-state index contributed by atoms with van der Waals surface area (Å²) < 4.78 is 2.55. The van der Waals surface area contributed by atoms with Crippen molar-refractivity contribution in [2.75, 3.05) is 6.54 Å². The first-order valence-electron chi connectivity index (χ1n) is 6.10. The molecule has 0 aliphatic rings. The number of thiophene rings is 1.